The lowest BCUT2D eigenvalue weighted by atomic mass is 10.0. The molecule has 84 valence electrons. The zero-order valence-electron chi connectivity index (χ0n) is 8.25. The van der Waals surface area contributed by atoms with E-state index < -0.39 is 11.7 Å². The molecule has 2 N–H and O–H groups in total. The SMILES string of the molecule is N#C/C(=C\C(F)(F)F)c1ccc(CN)cc1. The van der Waals surface area contributed by atoms with Crippen molar-refractivity contribution in [3.05, 3.63) is 41.5 Å². The molecule has 0 unspecified atom stereocenters. The van der Waals surface area contributed by atoms with E-state index in [1.807, 2.05) is 0 Å². The monoisotopic (exact) mass is 226 g/mol. The highest BCUT2D eigenvalue weighted by atomic mass is 19.4. The number of hydrogen-bond acceptors (Lipinski definition) is 2. The van der Waals surface area contributed by atoms with Crippen molar-refractivity contribution in [3.63, 3.8) is 0 Å². The molecule has 1 rings (SSSR count). The minimum absolute atomic E-state index is 0.00947. The zero-order valence-corrected chi connectivity index (χ0v) is 8.25. The summed E-state index contributed by atoms with van der Waals surface area (Å²) in [7, 11) is 0. The molecule has 0 heterocycles. The molecular formula is C11H9F3N2. The van der Waals surface area contributed by atoms with Gasteiger partial charge in [-0.2, -0.15) is 18.4 Å². The van der Waals surface area contributed by atoms with Crippen LogP contribution >= 0.6 is 0 Å². The van der Waals surface area contributed by atoms with Crippen LogP contribution < -0.4 is 5.73 Å². The van der Waals surface area contributed by atoms with Gasteiger partial charge in [0.15, 0.2) is 0 Å². The fraction of sp³-hybridized carbons (Fsp3) is 0.182. The van der Waals surface area contributed by atoms with Gasteiger partial charge < -0.3 is 5.73 Å². The molecule has 0 fully saturated rings. The molecule has 16 heavy (non-hydrogen) atoms. The number of halogens is 3. The van der Waals surface area contributed by atoms with Crippen molar-refractivity contribution in [1.82, 2.24) is 0 Å². The van der Waals surface area contributed by atoms with Gasteiger partial charge in [-0.05, 0) is 11.1 Å². The number of hydrogen-bond donors (Lipinski definition) is 1. The van der Waals surface area contributed by atoms with E-state index in [0.29, 0.717) is 6.54 Å². The van der Waals surface area contributed by atoms with E-state index in [1.165, 1.54) is 18.2 Å². The molecule has 0 atom stereocenters. The molecule has 1 aromatic carbocycles. The number of benzene rings is 1. The summed E-state index contributed by atoms with van der Waals surface area (Å²) >= 11 is 0. The van der Waals surface area contributed by atoms with Gasteiger partial charge >= 0.3 is 6.18 Å². The first-order chi connectivity index (χ1) is 7.46. The molecule has 0 aliphatic heterocycles. The predicted octanol–water partition coefficient (Wildman–Crippen LogP) is 2.61. The van der Waals surface area contributed by atoms with E-state index in [-0.39, 0.29) is 11.6 Å². The lowest BCUT2D eigenvalue weighted by Gasteiger charge is -2.03. The molecule has 0 aromatic heterocycles. The van der Waals surface area contributed by atoms with Crippen LogP contribution in [0.25, 0.3) is 5.57 Å². The van der Waals surface area contributed by atoms with Crippen molar-refractivity contribution >= 4 is 5.57 Å². The smallest absolute Gasteiger partial charge is 0.326 e. The average Bonchev–Trinajstić information content (AvgIpc) is 2.25. The van der Waals surface area contributed by atoms with Gasteiger partial charge in [0.2, 0.25) is 0 Å². The van der Waals surface area contributed by atoms with E-state index in [0.717, 1.165) is 5.56 Å². The first-order valence-electron chi connectivity index (χ1n) is 4.45. The van der Waals surface area contributed by atoms with E-state index in [1.54, 1.807) is 12.1 Å². The Balaban J connectivity index is 3.06. The lowest BCUT2D eigenvalue weighted by molar-refractivity contribution is -0.0792. The van der Waals surface area contributed by atoms with Crippen LogP contribution in [0.2, 0.25) is 0 Å². The van der Waals surface area contributed by atoms with Crippen molar-refractivity contribution in [3.8, 4) is 6.07 Å². The van der Waals surface area contributed by atoms with Gasteiger partial charge in [-0.1, -0.05) is 24.3 Å². The minimum Gasteiger partial charge on any atom is -0.326 e. The van der Waals surface area contributed by atoms with Gasteiger partial charge in [0, 0.05) is 12.6 Å². The van der Waals surface area contributed by atoms with Gasteiger partial charge in [-0.3, -0.25) is 0 Å². The normalized spacial score (nSPS) is 12.3. The molecule has 0 aliphatic rings. The van der Waals surface area contributed by atoms with Gasteiger partial charge in [0.05, 0.1) is 11.6 Å². The summed E-state index contributed by atoms with van der Waals surface area (Å²) in [5.74, 6) is 0. The number of nitrogens with zero attached hydrogens (tertiary/aromatic N) is 1. The fourth-order valence-electron chi connectivity index (χ4n) is 1.16. The van der Waals surface area contributed by atoms with E-state index in [2.05, 4.69) is 0 Å². The fourth-order valence-corrected chi connectivity index (χ4v) is 1.16. The maximum absolute atomic E-state index is 12.1. The Bertz CT molecular complexity index is 424. The Hall–Kier alpha value is -1.80. The van der Waals surface area contributed by atoms with Crippen molar-refractivity contribution in [1.29, 1.82) is 5.26 Å². The third kappa shape index (κ3) is 3.41. The Labute approximate surface area is 90.8 Å². The molecule has 2 nitrogen and oxygen atoms in total. The van der Waals surface area contributed by atoms with Gasteiger partial charge in [0.25, 0.3) is 0 Å². The number of rotatable bonds is 2. The molecule has 0 amide bonds. The highest BCUT2D eigenvalue weighted by Crippen LogP contribution is 2.23. The molecule has 0 spiro atoms. The second kappa shape index (κ2) is 4.81. The maximum atomic E-state index is 12.1. The molecule has 0 bridgehead atoms. The van der Waals surface area contributed by atoms with E-state index >= 15 is 0 Å². The second-order valence-electron chi connectivity index (χ2n) is 3.11. The Kier molecular flexibility index (Phi) is 3.69. The summed E-state index contributed by atoms with van der Waals surface area (Å²) in [6.45, 7) is 0.311. The summed E-state index contributed by atoms with van der Waals surface area (Å²) in [5.41, 5.74) is 5.98. The van der Waals surface area contributed by atoms with E-state index in [9.17, 15) is 13.2 Å². The molecule has 5 heteroatoms. The third-order valence-electron chi connectivity index (χ3n) is 1.93. The highest BCUT2D eigenvalue weighted by Gasteiger charge is 2.25. The van der Waals surface area contributed by atoms with Crippen LogP contribution in [0.3, 0.4) is 0 Å². The summed E-state index contributed by atoms with van der Waals surface area (Å²) in [5, 5.41) is 8.63. The molecule has 0 saturated heterocycles. The molecular weight excluding hydrogens is 217 g/mol. The summed E-state index contributed by atoms with van der Waals surface area (Å²) in [6, 6.07) is 7.61. The Morgan fingerprint density at radius 2 is 1.88 bits per heavy atom. The van der Waals surface area contributed by atoms with Crippen LogP contribution in [0.5, 0.6) is 0 Å². The topological polar surface area (TPSA) is 49.8 Å². The first-order valence-corrected chi connectivity index (χ1v) is 4.45. The van der Waals surface area contributed by atoms with Crippen LogP contribution in [0.4, 0.5) is 13.2 Å². The van der Waals surface area contributed by atoms with Crippen LogP contribution in [0.15, 0.2) is 30.3 Å². The summed E-state index contributed by atoms with van der Waals surface area (Å²) < 4.78 is 36.2. The van der Waals surface area contributed by atoms with Crippen LogP contribution in [0.1, 0.15) is 11.1 Å². The second-order valence-corrected chi connectivity index (χ2v) is 3.11. The van der Waals surface area contributed by atoms with Crippen LogP contribution in [0, 0.1) is 11.3 Å². The van der Waals surface area contributed by atoms with E-state index in [4.69, 9.17) is 11.0 Å². The van der Waals surface area contributed by atoms with Crippen molar-refractivity contribution < 1.29 is 13.2 Å². The summed E-state index contributed by atoms with van der Waals surface area (Å²) in [4.78, 5) is 0. The average molecular weight is 226 g/mol. The number of nitrogens with two attached hydrogens (primary N) is 1. The highest BCUT2D eigenvalue weighted by molar-refractivity contribution is 5.77. The van der Waals surface area contributed by atoms with Gasteiger partial charge in [-0.25, -0.2) is 0 Å². The van der Waals surface area contributed by atoms with Crippen LogP contribution in [-0.2, 0) is 6.54 Å². The van der Waals surface area contributed by atoms with Crippen molar-refractivity contribution in [2.75, 3.05) is 0 Å². The first kappa shape index (κ1) is 12.3. The predicted molar refractivity (Wildman–Crippen MR) is 54.0 cm³/mol. The van der Waals surface area contributed by atoms with Crippen LogP contribution in [-0.4, -0.2) is 6.18 Å². The van der Waals surface area contributed by atoms with Gasteiger partial charge in [0.1, 0.15) is 0 Å². The van der Waals surface area contributed by atoms with Crippen molar-refractivity contribution in [2.24, 2.45) is 5.73 Å². The minimum atomic E-state index is -4.49. The zero-order chi connectivity index (χ0) is 12.2. The number of nitriles is 1. The standard InChI is InChI=1S/C11H9F3N2/c12-11(13,14)5-10(7-16)9-3-1-8(6-15)2-4-9/h1-5H,6,15H2/b10-5+. The number of alkyl halides is 3. The Morgan fingerprint density at radius 1 is 1.31 bits per heavy atom. The lowest BCUT2D eigenvalue weighted by Crippen LogP contribution is -2.03. The molecule has 0 saturated carbocycles. The molecule has 1 aromatic rings. The number of allylic oxidation sites excluding steroid dienone is 2. The molecule has 0 aliphatic carbocycles. The summed E-state index contributed by atoms with van der Waals surface area (Å²) in [6.07, 6.45) is -4.50. The van der Waals surface area contributed by atoms with Crippen molar-refractivity contribution in [2.45, 2.75) is 12.7 Å². The Morgan fingerprint density at radius 3 is 2.25 bits per heavy atom. The maximum Gasteiger partial charge on any atom is 0.411 e. The molecule has 0 radical (unpaired) electrons. The largest absolute Gasteiger partial charge is 0.411 e. The third-order valence-corrected chi connectivity index (χ3v) is 1.93. The van der Waals surface area contributed by atoms with Gasteiger partial charge in [-0.15, -0.1) is 0 Å². The quantitative estimate of drug-likeness (QED) is 0.788.